The molecule has 0 fully saturated rings. The summed E-state index contributed by atoms with van der Waals surface area (Å²) in [5.74, 6) is 0. The Labute approximate surface area is 134 Å². The van der Waals surface area contributed by atoms with E-state index in [0.29, 0.717) is 0 Å². The quantitative estimate of drug-likeness (QED) is 0.455. The van der Waals surface area contributed by atoms with Gasteiger partial charge in [0.25, 0.3) is 0 Å². The van der Waals surface area contributed by atoms with Crippen molar-refractivity contribution in [3.63, 3.8) is 0 Å². The van der Waals surface area contributed by atoms with Crippen molar-refractivity contribution in [3.05, 3.63) is 55.7 Å². The highest BCUT2D eigenvalue weighted by Gasteiger charge is 1.89. The molecule has 18 heavy (non-hydrogen) atoms. The van der Waals surface area contributed by atoms with Crippen molar-refractivity contribution in [2.75, 3.05) is 0 Å². The lowest BCUT2D eigenvalue weighted by atomic mass is 10.3. The van der Waals surface area contributed by atoms with Crippen LogP contribution in [-0.4, -0.2) is 12.4 Å². The van der Waals surface area contributed by atoms with E-state index in [1.54, 1.807) is 12.4 Å². The van der Waals surface area contributed by atoms with Crippen LogP contribution in [0.25, 0.3) is 0 Å². The van der Waals surface area contributed by atoms with E-state index in [1.807, 2.05) is 48.5 Å². The lowest BCUT2D eigenvalue weighted by Crippen LogP contribution is -1.76. The van der Waals surface area contributed by atoms with Gasteiger partial charge in [-0.1, -0.05) is 12.1 Å². The van der Waals surface area contributed by atoms with E-state index in [4.69, 9.17) is 0 Å². The molecule has 2 aromatic carbocycles. The molecule has 0 aliphatic carbocycles. The van der Waals surface area contributed by atoms with Crippen molar-refractivity contribution in [1.29, 1.82) is 0 Å². The van der Waals surface area contributed by atoms with Gasteiger partial charge in [0, 0.05) is 19.6 Å². The zero-order valence-electron chi connectivity index (χ0n) is 9.42. The summed E-state index contributed by atoms with van der Waals surface area (Å²) in [4.78, 5) is 8.65. The third kappa shape index (κ3) is 4.49. The van der Waals surface area contributed by atoms with Gasteiger partial charge in [0.05, 0.1) is 11.4 Å². The van der Waals surface area contributed by atoms with E-state index in [2.05, 4.69) is 55.2 Å². The number of rotatable bonds is 3. The number of hydrogen-bond acceptors (Lipinski definition) is 2. The van der Waals surface area contributed by atoms with E-state index in [9.17, 15) is 0 Å². The summed E-state index contributed by atoms with van der Waals surface area (Å²) in [6, 6.07) is 16.1. The number of halogens is 2. The first-order chi connectivity index (χ1) is 8.74. The molecule has 0 saturated heterocycles. The molecule has 0 unspecified atom stereocenters. The summed E-state index contributed by atoms with van der Waals surface area (Å²) >= 11 is 4.54. The van der Waals surface area contributed by atoms with Gasteiger partial charge in [-0.05, 0) is 81.6 Å². The predicted octanol–water partition coefficient (Wildman–Crippen LogP) is 5.00. The van der Waals surface area contributed by atoms with Crippen LogP contribution in [0.1, 0.15) is 0 Å². The molecule has 0 aliphatic rings. The van der Waals surface area contributed by atoms with Gasteiger partial charge in [-0.2, -0.15) is 0 Å². The Bertz CT molecular complexity index is 538. The fourth-order valence-electron chi connectivity index (χ4n) is 1.35. The minimum absolute atomic E-state index is 0.941. The largest absolute Gasteiger partial charge is 0.255 e. The van der Waals surface area contributed by atoms with Gasteiger partial charge < -0.3 is 0 Å². The fraction of sp³-hybridized carbons (Fsp3) is 0. The fourth-order valence-corrected chi connectivity index (χ4v) is 2.40. The average Bonchev–Trinajstić information content (AvgIpc) is 2.35. The van der Waals surface area contributed by atoms with Crippen molar-refractivity contribution >= 4 is 69.0 Å². The highest BCUT2D eigenvalue weighted by molar-refractivity contribution is 14.1. The Morgan fingerprint density at radius 3 is 1.56 bits per heavy atom. The van der Waals surface area contributed by atoms with Crippen LogP contribution in [0.4, 0.5) is 11.4 Å². The van der Waals surface area contributed by atoms with Crippen molar-refractivity contribution < 1.29 is 0 Å². The molecule has 90 valence electrons. The van der Waals surface area contributed by atoms with E-state index < -0.39 is 0 Å². The van der Waals surface area contributed by atoms with Gasteiger partial charge in [-0.3, -0.25) is 9.98 Å². The van der Waals surface area contributed by atoms with Gasteiger partial charge in [0.2, 0.25) is 0 Å². The summed E-state index contributed by atoms with van der Waals surface area (Å²) in [6.07, 6.45) is 3.43. The summed E-state index contributed by atoms with van der Waals surface area (Å²) in [5, 5.41) is 0. The molecule has 0 N–H and O–H groups in total. The maximum atomic E-state index is 4.32. The van der Waals surface area contributed by atoms with Crippen LogP contribution in [0.3, 0.4) is 0 Å². The molecule has 2 aromatic rings. The lowest BCUT2D eigenvalue weighted by molar-refractivity contribution is 1.51. The van der Waals surface area contributed by atoms with Crippen molar-refractivity contribution in [1.82, 2.24) is 0 Å². The summed E-state index contributed by atoms with van der Waals surface area (Å²) in [6.45, 7) is 0. The molecule has 0 bridgehead atoms. The first kappa shape index (κ1) is 13.7. The molecule has 0 aliphatic heterocycles. The zero-order chi connectivity index (χ0) is 12.8. The van der Waals surface area contributed by atoms with Crippen LogP contribution < -0.4 is 0 Å². The maximum Gasteiger partial charge on any atom is 0.0640 e. The first-order valence-corrected chi connectivity index (χ1v) is 7.48. The van der Waals surface area contributed by atoms with Crippen molar-refractivity contribution in [3.8, 4) is 0 Å². The smallest absolute Gasteiger partial charge is 0.0640 e. The van der Waals surface area contributed by atoms with Crippen molar-refractivity contribution in [2.45, 2.75) is 0 Å². The third-order valence-electron chi connectivity index (χ3n) is 2.13. The Morgan fingerprint density at radius 1 is 0.722 bits per heavy atom. The van der Waals surface area contributed by atoms with E-state index in [-0.39, 0.29) is 0 Å². The molecule has 0 spiro atoms. The standard InChI is InChI=1S/C14H10I2N2/c15-11-3-1-5-13(9-11)17-7-8-18-14-6-2-4-12(16)10-14/h1-10H. The molecule has 0 atom stereocenters. The zero-order valence-corrected chi connectivity index (χ0v) is 13.7. The molecule has 0 aromatic heterocycles. The van der Waals surface area contributed by atoms with E-state index >= 15 is 0 Å². The Morgan fingerprint density at radius 2 is 1.17 bits per heavy atom. The molecule has 0 amide bonds. The molecular formula is C14H10I2N2. The number of aliphatic imine (C=N–C) groups is 2. The topological polar surface area (TPSA) is 24.7 Å². The van der Waals surface area contributed by atoms with Gasteiger partial charge >= 0.3 is 0 Å². The predicted molar refractivity (Wildman–Crippen MR) is 94.6 cm³/mol. The lowest BCUT2D eigenvalue weighted by Gasteiger charge is -1.93. The minimum Gasteiger partial charge on any atom is -0.255 e. The minimum atomic E-state index is 0.941. The first-order valence-electron chi connectivity index (χ1n) is 5.32. The Kier molecular flexibility index (Phi) is 5.30. The summed E-state index contributed by atoms with van der Waals surface area (Å²) in [5.41, 5.74) is 1.88. The summed E-state index contributed by atoms with van der Waals surface area (Å²) in [7, 11) is 0. The van der Waals surface area contributed by atoms with Crippen LogP contribution >= 0.6 is 45.2 Å². The molecule has 2 nitrogen and oxygen atoms in total. The normalized spacial score (nSPS) is 11.4. The molecule has 0 saturated carbocycles. The van der Waals surface area contributed by atoms with Gasteiger partial charge in [-0.15, -0.1) is 0 Å². The van der Waals surface area contributed by atoms with Gasteiger partial charge in [0.1, 0.15) is 0 Å². The van der Waals surface area contributed by atoms with E-state index in [0.717, 1.165) is 11.4 Å². The van der Waals surface area contributed by atoms with Crippen LogP contribution in [0.15, 0.2) is 58.5 Å². The second-order valence-corrected chi connectivity index (χ2v) is 6.01. The number of benzene rings is 2. The van der Waals surface area contributed by atoms with Gasteiger partial charge in [-0.25, -0.2) is 0 Å². The Hall–Kier alpha value is -0.760. The second-order valence-electron chi connectivity index (χ2n) is 3.52. The Balaban J connectivity index is 2.03. The molecule has 2 rings (SSSR count). The molecule has 0 radical (unpaired) electrons. The van der Waals surface area contributed by atoms with Crippen molar-refractivity contribution in [2.24, 2.45) is 9.98 Å². The monoisotopic (exact) mass is 460 g/mol. The number of nitrogens with zero attached hydrogens (tertiary/aromatic N) is 2. The van der Waals surface area contributed by atoms with Gasteiger partial charge in [0.15, 0.2) is 0 Å². The van der Waals surface area contributed by atoms with Crippen LogP contribution in [0.2, 0.25) is 0 Å². The molecule has 4 heteroatoms. The van der Waals surface area contributed by atoms with Crippen LogP contribution in [0.5, 0.6) is 0 Å². The highest BCUT2D eigenvalue weighted by atomic mass is 127. The average molecular weight is 460 g/mol. The molecular weight excluding hydrogens is 450 g/mol. The van der Waals surface area contributed by atoms with Crippen LogP contribution in [0, 0.1) is 7.14 Å². The maximum absolute atomic E-state index is 4.32. The van der Waals surface area contributed by atoms with E-state index in [1.165, 1.54) is 7.14 Å². The highest BCUT2D eigenvalue weighted by Crippen LogP contribution is 2.16. The SMILES string of the molecule is Ic1cccc(N=CC=Nc2cccc(I)c2)c1. The third-order valence-corrected chi connectivity index (χ3v) is 3.47. The summed E-state index contributed by atoms with van der Waals surface area (Å²) < 4.78 is 2.36. The second kappa shape index (κ2) is 6.98. The number of hydrogen-bond donors (Lipinski definition) is 0. The van der Waals surface area contributed by atoms with Crippen LogP contribution in [-0.2, 0) is 0 Å². The molecule has 0 heterocycles.